The van der Waals surface area contributed by atoms with Crippen LogP contribution in [0.25, 0.3) is 0 Å². The molecule has 8 nitrogen and oxygen atoms in total. The van der Waals surface area contributed by atoms with Crippen molar-refractivity contribution in [2.75, 3.05) is 26.7 Å². The number of ether oxygens (including phenoxy) is 1. The van der Waals surface area contributed by atoms with Crippen molar-refractivity contribution in [2.24, 2.45) is 0 Å². The average Bonchev–Trinajstić information content (AvgIpc) is 2.61. The number of aryl methyl sites for hydroxylation is 1. The molecule has 0 aliphatic carbocycles. The molecule has 1 fully saturated rings. The standard InChI is InChI=1S/C18H24BN3O5/c1-21-13(3-2-8-20)9-22-10-14(11-22)26-15-5-4-12-6-7-19(25)27-17(12)16(15)18(23)24/h2-5,8,14,21,25H,6-7,9-11,20H2,1H3,(H,23,24)/p+1. The van der Waals surface area contributed by atoms with Gasteiger partial charge in [-0.2, -0.15) is 0 Å². The number of fused-ring (bicyclic) bond motifs is 1. The van der Waals surface area contributed by atoms with Crippen molar-refractivity contribution in [3.63, 3.8) is 0 Å². The van der Waals surface area contributed by atoms with Gasteiger partial charge in [0.1, 0.15) is 23.2 Å². The fraction of sp³-hybridized carbons (Fsp3) is 0.389. The summed E-state index contributed by atoms with van der Waals surface area (Å²) < 4.78 is 11.3. The predicted octanol–water partition coefficient (Wildman–Crippen LogP) is -0.278. The van der Waals surface area contributed by atoms with Crippen LogP contribution < -0.4 is 20.4 Å². The highest BCUT2D eigenvalue weighted by Gasteiger charge is 2.33. The van der Waals surface area contributed by atoms with Crippen LogP contribution in [-0.2, 0) is 6.42 Å². The Hall–Kier alpha value is -2.49. The van der Waals surface area contributed by atoms with E-state index in [4.69, 9.17) is 9.39 Å². The number of carbonyl (C=O) groups is 1. The van der Waals surface area contributed by atoms with Crippen molar-refractivity contribution < 1.29 is 30.0 Å². The fourth-order valence-corrected chi connectivity index (χ4v) is 3.26. The van der Waals surface area contributed by atoms with Gasteiger partial charge in [-0.15, -0.1) is 0 Å². The van der Waals surface area contributed by atoms with Gasteiger partial charge in [0.15, 0.2) is 0 Å². The van der Waals surface area contributed by atoms with Crippen LogP contribution in [-0.4, -0.2) is 60.9 Å². The Balaban J connectivity index is 1.66. The molecule has 144 valence electrons. The van der Waals surface area contributed by atoms with E-state index in [1.165, 1.54) is 0 Å². The monoisotopic (exact) mass is 374 g/mol. The molecule has 0 radical (unpaired) electrons. The predicted molar refractivity (Wildman–Crippen MR) is 101 cm³/mol. The second-order valence-electron chi connectivity index (χ2n) is 6.65. The molecule has 6 N–H and O–H groups in total. The normalized spacial score (nSPS) is 18.0. The van der Waals surface area contributed by atoms with Crippen LogP contribution in [0, 0.1) is 0 Å². The van der Waals surface area contributed by atoms with Crippen LogP contribution in [0.2, 0.25) is 6.32 Å². The zero-order valence-corrected chi connectivity index (χ0v) is 15.4. The molecule has 1 aromatic carbocycles. The fourth-order valence-electron chi connectivity index (χ4n) is 3.26. The van der Waals surface area contributed by atoms with Crippen molar-refractivity contribution >= 4 is 13.1 Å². The lowest BCUT2D eigenvalue weighted by Gasteiger charge is -2.39. The highest BCUT2D eigenvalue weighted by Crippen LogP contribution is 2.37. The molecule has 0 spiro atoms. The van der Waals surface area contributed by atoms with Gasteiger partial charge in [-0.3, -0.25) is 4.90 Å². The first-order valence-corrected chi connectivity index (χ1v) is 8.97. The van der Waals surface area contributed by atoms with Crippen molar-refractivity contribution in [1.82, 2.24) is 10.2 Å². The summed E-state index contributed by atoms with van der Waals surface area (Å²) in [5.41, 5.74) is 5.49. The molecule has 0 atom stereocenters. The second kappa shape index (κ2) is 8.47. The number of hydrogen-bond donors (Lipinski definition) is 4. The number of rotatable bonds is 7. The van der Waals surface area contributed by atoms with Crippen LogP contribution in [0.3, 0.4) is 0 Å². The van der Waals surface area contributed by atoms with Gasteiger partial charge in [-0.1, -0.05) is 6.07 Å². The highest BCUT2D eigenvalue weighted by molar-refractivity contribution is 6.44. The van der Waals surface area contributed by atoms with Gasteiger partial charge in [0, 0.05) is 32.4 Å². The third-order valence-corrected chi connectivity index (χ3v) is 4.70. The minimum atomic E-state index is -1.12. The molecule has 27 heavy (non-hydrogen) atoms. The first-order valence-electron chi connectivity index (χ1n) is 8.97. The van der Waals surface area contributed by atoms with E-state index < -0.39 is 13.1 Å². The summed E-state index contributed by atoms with van der Waals surface area (Å²) in [6.07, 6.45) is 6.51. The van der Waals surface area contributed by atoms with Gasteiger partial charge < -0.3 is 30.6 Å². The number of quaternary nitrogens is 1. The van der Waals surface area contributed by atoms with Crippen molar-refractivity contribution in [1.29, 1.82) is 0 Å². The van der Waals surface area contributed by atoms with Gasteiger partial charge in [0.2, 0.25) is 0 Å². The third kappa shape index (κ3) is 4.44. The van der Waals surface area contributed by atoms with Gasteiger partial charge >= 0.3 is 13.1 Å². The first kappa shape index (κ1) is 19.3. The molecule has 2 aliphatic heterocycles. The maximum atomic E-state index is 11.8. The number of hydrogen-bond acceptors (Lipinski definition) is 6. The summed E-state index contributed by atoms with van der Waals surface area (Å²) in [6.45, 7) is 2.16. The summed E-state index contributed by atoms with van der Waals surface area (Å²) in [4.78, 5) is 14.0. The molecular weight excluding hydrogens is 349 g/mol. The lowest BCUT2D eigenvalue weighted by atomic mass is 9.78. The quantitative estimate of drug-likeness (QED) is 0.383. The van der Waals surface area contributed by atoms with Crippen LogP contribution in [0.15, 0.2) is 36.2 Å². The Kier molecular flexibility index (Phi) is 6.05. The van der Waals surface area contributed by atoms with Crippen LogP contribution >= 0.6 is 0 Å². The maximum Gasteiger partial charge on any atom is 0.522 e. The van der Waals surface area contributed by atoms with E-state index in [2.05, 4.69) is 16.0 Å². The Bertz CT molecular complexity index is 762. The molecule has 1 aromatic rings. The number of benzene rings is 1. The van der Waals surface area contributed by atoms with Crippen LogP contribution in [0.1, 0.15) is 15.9 Å². The Morgan fingerprint density at radius 1 is 1.52 bits per heavy atom. The van der Waals surface area contributed by atoms with E-state index in [0.717, 1.165) is 17.8 Å². The third-order valence-electron chi connectivity index (χ3n) is 4.70. The van der Waals surface area contributed by atoms with E-state index >= 15 is 0 Å². The smallest absolute Gasteiger partial charge is 0.522 e. The lowest BCUT2D eigenvalue weighted by molar-refractivity contribution is -0.274. The highest BCUT2D eigenvalue weighted by atomic mass is 16.5. The number of carboxylic acid groups (broad SMARTS) is 1. The topological polar surface area (TPSA) is 119 Å². The van der Waals surface area contributed by atoms with Crippen molar-refractivity contribution in [3.8, 4) is 11.5 Å². The van der Waals surface area contributed by atoms with E-state index in [0.29, 0.717) is 25.8 Å². The molecule has 0 aromatic heterocycles. The molecule has 1 saturated heterocycles. The van der Waals surface area contributed by atoms with E-state index in [1.807, 2.05) is 25.3 Å². The van der Waals surface area contributed by atoms with Gasteiger partial charge in [0.25, 0.3) is 0 Å². The molecule has 9 heteroatoms. The van der Waals surface area contributed by atoms with Gasteiger partial charge in [0.05, 0.1) is 6.20 Å². The number of aromatic carboxylic acids is 1. The maximum absolute atomic E-state index is 11.8. The minimum absolute atomic E-state index is 0.0129. The first-order chi connectivity index (χ1) is 13.0. The van der Waals surface area contributed by atoms with E-state index in [1.54, 1.807) is 12.3 Å². The van der Waals surface area contributed by atoms with Crippen LogP contribution in [0.4, 0.5) is 0 Å². The average molecular weight is 374 g/mol. The molecule has 2 heterocycles. The summed E-state index contributed by atoms with van der Waals surface area (Å²) >= 11 is 0. The SMILES string of the molecule is CNC(=CC=C[NH3+])CN1CC(Oc2ccc3c(c2C(=O)O)OB(O)CC3)C1. The summed E-state index contributed by atoms with van der Waals surface area (Å²) in [7, 11) is 0.890. The molecule has 0 bridgehead atoms. The van der Waals surface area contributed by atoms with Gasteiger partial charge in [-0.25, -0.2) is 4.79 Å². The van der Waals surface area contributed by atoms with Crippen LogP contribution in [0.5, 0.6) is 11.5 Å². The number of allylic oxidation sites excluding steroid dienone is 2. The number of likely N-dealkylation sites (N-methyl/N-ethyl adjacent to an activating group) is 1. The number of nitrogens with zero attached hydrogens (tertiary/aromatic N) is 1. The number of likely N-dealkylation sites (tertiary alicyclic amines) is 1. The zero-order chi connectivity index (χ0) is 19.4. The Labute approximate surface area is 158 Å². The minimum Gasteiger partial charge on any atom is -0.535 e. The molecule has 0 amide bonds. The van der Waals surface area contributed by atoms with Gasteiger partial charge in [-0.05, 0) is 36.5 Å². The largest absolute Gasteiger partial charge is 0.535 e. The molecule has 3 rings (SSSR count). The lowest BCUT2D eigenvalue weighted by Crippen LogP contribution is -2.54. The van der Waals surface area contributed by atoms with E-state index in [9.17, 15) is 14.9 Å². The molecular formula is C18H25BN3O5+. The van der Waals surface area contributed by atoms with Crippen molar-refractivity contribution in [3.05, 3.63) is 47.3 Å². The Morgan fingerprint density at radius 2 is 2.30 bits per heavy atom. The summed E-state index contributed by atoms with van der Waals surface area (Å²) in [5.74, 6) is -0.618. The zero-order valence-electron chi connectivity index (χ0n) is 15.4. The number of carboxylic acids is 1. The van der Waals surface area contributed by atoms with Crippen molar-refractivity contribution in [2.45, 2.75) is 18.8 Å². The molecule has 0 unspecified atom stereocenters. The summed E-state index contributed by atoms with van der Waals surface area (Å²) in [5, 5.41) is 22.5. The van der Waals surface area contributed by atoms with E-state index in [-0.39, 0.29) is 23.2 Å². The molecule has 0 saturated carbocycles. The Morgan fingerprint density at radius 3 is 2.96 bits per heavy atom. The second-order valence-corrected chi connectivity index (χ2v) is 6.65. The number of nitrogens with one attached hydrogen (secondary N) is 1. The summed E-state index contributed by atoms with van der Waals surface area (Å²) in [6, 6.07) is 3.50. The molecule has 2 aliphatic rings.